The van der Waals surface area contributed by atoms with Crippen molar-refractivity contribution in [3.8, 4) is 11.5 Å². The Kier molecular flexibility index (Phi) is 5.31. The molecule has 1 unspecified atom stereocenters. The van der Waals surface area contributed by atoms with Crippen molar-refractivity contribution in [3.05, 3.63) is 0 Å². The Morgan fingerprint density at radius 1 is 1.08 bits per heavy atom. The first-order valence-electron chi connectivity index (χ1n) is 4.49. The van der Waals surface area contributed by atoms with Crippen LogP contribution in [0.4, 0.5) is 0 Å². The summed E-state index contributed by atoms with van der Waals surface area (Å²) in [4.78, 5) is 0. The van der Waals surface area contributed by atoms with E-state index in [9.17, 15) is 0 Å². The first-order valence-corrected chi connectivity index (χ1v) is 7.99. The topological polar surface area (TPSA) is 18.5 Å². The second-order valence-corrected chi connectivity index (χ2v) is 8.87. The molecule has 0 aromatic rings. The molecule has 0 aromatic carbocycles. The van der Waals surface area contributed by atoms with Crippen LogP contribution in [0.15, 0.2) is 0 Å². The van der Waals surface area contributed by atoms with Crippen molar-refractivity contribution >= 4 is 8.07 Å². The molecule has 0 bridgehead atoms. The van der Waals surface area contributed by atoms with Gasteiger partial charge in [0.2, 0.25) is 0 Å². The van der Waals surface area contributed by atoms with Gasteiger partial charge < -0.3 is 9.47 Å². The molecule has 0 aliphatic carbocycles. The number of methoxy groups -OCH3 is 2. The van der Waals surface area contributed by atoms with E-state index >= 15 is 0 Å². The Labute approximate surface area is 82.6 Å². The smallest absolute Gasteiger partial charge is 0.142 e. The highest BCUT2D eigenvalue weighted by Gasteiger charge is 2.14. The fourth-order valence-electron chi connectivity index (χ4n) is 0.779. The largest absolute Gasteiger partial charge is 0.378 e. The molecule has 0 fully saturated rings. The zero-order valence-electron chi connectivity index (χ0n) is 9.47. The quantitative estimate of drug-likeness (QED) is 0.512. The van der Waals surface area contributed by atoms with Gasteiger partial charge in [0, 0.05) is 14.2 Å². The molecular formula is C10H20O2Si. The molecular weight excluding hydrogens is 180 g/mol. The predicted molar refractivity (Wildman–Crippen MR) is 58.4 cm³/mol. The molecule has 3 heteroatoms. The van der Waals surface area contributed by atoms with Gasteiger partial charge in [0.1, 0.15) is 14.2 Å². The molecule has 0 amide bonds. The molecule has 0 aliphatic rings. The average Bonchev–Trinajstić information content (AvgIpc) is 2.03. The van der Waals surface area contributed by atoms with Crippen LogP contribution in [0.2, 0.25) is 19.6 Å². The molecule has 13 heavy (non-hydrogen) atoms. The fourth-order valence-corrected chi connectivity index (χ4v) is 1.35. The Balaban J connectivity index is 4.33. The molecule has 2 nitrogen and oxygen atoms in total. The van der Waals surface area contributed by atoms with Gasteiger partial charge in [-0.1, -0.05) is 25.6 Å². The van der Waals surface area contributed by atoms with E-state index in [1.54, 1.807) is 14.2 Å². The summed E-state index contributed by atoms with van der Waals surface area (Å²) >= 11 is 0. The normalized spacial score (nSPS) is 15.8. The van der Waals surface area contributed by atoms with Gasteiger partial charge in [-0.05, 0) is 6.92 Å². The first-order chi connectivity index (χ1) is 5.90. The van der Waals surface area contributed by atoms with Crippen LogP contribution in [-0.2, 0) is 9.47 Å². The minimum absolute atomic E-state index is 0.0360. The summed E-state index contributed by atoms with van der Waals surface area (Å²) in [5.41, 5.74) is 3.27. The summed E-state index contributed by atoms with van der Waals surface area (Å²) in [6.45, 7) is 8.60. The Morgan fingerprint density at radius 2 is 1.62 bits per heavy atom. The van der Waals surface area contributed by atoms with Crippen LogP contribution in [0, 0.1) is 11.5 Å². The molecule has 0 saturated carbocycles. The third-order valence-electron chi connectivity index (χ3n) is 1.64. The van der Waals surface area contributed by atoms with Gasteiger partial charge in [-0.2, -0.15) is 0 Å². The van der Waals surface area contributed by atoms with Crippen LogP contribution in [0.3, 0.4) is 0 Å². The van der Waals surface area contributed by atoms with Crippen molar-refractivity contribution in [1.29, 1.82) is 0 Å². The highest BCUT2D eigenvalue weighted by molar-refractivity contribution is 6.83. The third kappa shape index (κ3) is 5.86. The lowest BCUT2D eigenvalue weighted by molar-refractivity contribution is 0.00433. The minimum atomic E-state index is -1.29. The van der Waals surface area contributed by atoms with E-state index in [2.05, 4.69) is 31.1 Å². The Morgan fingerprint density at radius 3 is 1.92 bits per heavy atom. The van der Waals surface area contributed by atoms with Crippen LogP contribution in [-0.4, -0.2) is 34.5 Å². The van der Waals surface area contributed by atoms with E-state index in [1.165, 1.54) is 0 Å². The summed E-state index contributed by atoms with van der Waals surface area (Å²) in [6, 6.07) is 0. The van der Waals surface area contributed by atoms with E-state index in [4.69, 9.17) is 9.47 Å². The van der Waals surface area contributed by atoms with Crippen LogP contribution in [0.25, 0.3) is 0 Å². The van der Waals surface area contributed by atoms with Gasteiger partial charge in [0.05, 0.1) is 6.10 Å². The van der Waals surface area contributed by atoms with Crippen molar-refractivity contribution in [2.45, 2.75) is 38.8 Å². The summed E-state index contributed by atoms with van der Waals surface area (Å²) < 4.78 is 10.4. The number of hydrogen-bond donors (Lipinski definition) is 0. The lowest BCUT2D eigenvalue weighted by atomic mass is 10.2. The molecule has 0 aromatic heterocycles. The van der Waals surface area contributed by atoms with E-state index in [1.807, 2.05) is 6.92 Å². The standard InChI is InChI=1S/C10H20O2Si/c1-9(11-2)10(12-3)7-8-13(4,5)6/h9-10H,1-6H3/t9-,10?/m0/s1. The summed E-state index contributed by atoms with van der Waals surface area (Å²) in [5.74, 6) is 3.12. The SMILES string of the molecule is COC(C#C[Si](C)(C)C)[C@H](C)OC. The maximum atomic E-state index is 5.22. The molecule has 0 radical (unpaired) electrons. The summed E-state index contributed by atoms with van der Waals surface area (Å²) in [5, 5.41) is 0. The second kappa shape index (κ2) is 5.43. The van der Waals surface area contributed by atoms with E-state index in [-0.39, 0.29) is 12.2 Å². The highest BCUT2D eigenvalue weighted by atomic mass is 28.3. The molecule has 76 valence electrons. The van der Waals surface area contributed by atoms with E-state index < -0.39 is 8.07 Å². The van der Waals surface area contributed by atoms with Crippen molar-refractivity contribution in [3.63, 3.8) is 0 Å². The van der Waals surface area contributed by atoms with Crippen LogP contribution in [0.5, 0.6) is 0 Å². The molecule has 0 saturated heterocycles. The molecule has 0 aliphatic heterocycles. The zero-order chi connectivity index (χ0) is 10.5. The van der Waals surface area contributed by atoms with Gasteiger partial charge in [0.15, 0.2) is 0 Å². The van der Waals surface area contributed by atoms with E-state index in [0.29, 0.717) is 0 Å². The van der Waals surface area contributed by atoms with Crippen molar-refractivity contribution in [1.82, 2.24) is 0 Å². The van der Waals surface area contributed by atoms with Crippen LogP contribution < -0.4 is 0 Å². The van der Waals surface area contributed by atoms with E-state index in [0.717, 1.165) is 0 Å². The molecule has 2 atom stereocenters. The number of hydrogen-bond acceptors (Lipinski definition) is 2. The Hall–Kier alpha value is -0.303. The van der Waals surface area contributed by atoms with Gasteiger partial charge in [0.25, 0.3) is 0 Å². The molecule has 0 spiro atoms. The number of rotatable bonds is 3. The summed E-state index contributed by atoms with van der Waals surface area (Å²) in [7, 11) is 2.05. The zero-order valence-corrected chi connectivity index (χ0v) is 10.5. The summed E-state index contributed by atoms with van der Waals surface area (Å²) in [6.07, 6.45) is -0.0643. The van der Waals surface area contributed by atoms with Gasteiger partial charge in [-0.3, -0.25) is 0 Å². The third-order valence-corrected chi connectivity index (χ3v) is 2.54. The predicted octanol–water partition coefficient (Wildman–Crippen LogP) is 1.92. The average molecular weight is 200 g/mol. The molecule has 0 N–H and O–H groups in total. The maximum absolute atomic E-state index is 5.22. The minimum Gasteiger partial charge on any atom is -0.378 e. The highest BCUT2D eigenvalue weighted by Crippen LogP contribution is 2.02. The van der Waals surface area contributed by atoms with Gasteiger partial charge in [-0.25, -0.2) is 0 Å². The first kappa shape index (κ1) is 12.7. The lowest BCUT2D eigenvalue weighted by Gasteiger charge is -2.16. The molecule has 0 rings (SSSR count). The Bertz CT molecular complexity index is 197. The van der Waals surface area contributed by atoms with Gasteiger partial charge in [-0.15, -0.1) is 5.54 Å². The van der Waals surface area contributed by atoms with Crippen LogP contribution >= 0.6 is 0 Å². The second-order valence-electron chi connectivity index (χ2n) is 4.12. The number of ether oxygens (including phenoxy) is 2. The van der Waals surface area contributed by atoms with Crippen molar-refractivity contribution in [2.24, 2.45) is 0 Å². The van der Waals surface area contributed by atoms with Crippen molar-refractivity contribution < 1.29 is 9.47 Å². The maximum Gasteiger partial charge on any atom is 0.142 e. The van der Waals surface area contributed by atoms with Gasteiger partial charge >= 0.3 is 0 Å². The van der Waals surface area contributed by atoms with Crippen LogP contribution in [0.1, 0.15) is 6.92 Å². The van der Waals surface area contributed by atoms with Crippen molar-refractivity contribution in [2.75, 3.05) is 14.2 Å². The lowest BCUT2D eigenvalue weighted by Crippen LogP contribution is -2.27. The monoisotopic (exact) mass is 200 g/mol. The molecule has 0 heterocycles. The fraction of sp³-hybridized carbons (Fsp3) is 0.800.